The number of nitrogens with zero attached hydrogens (tertiary/aromatic N) is 4. The van der Waals surface area contributed by atoms with Gasteiger partial charge >= 0.3 is 0 Å². The third kappa shape index (κ3) is 2.97. The molecule has 2 fully saturated rings. The van der Waals surface area contributed by atoms with E-state index in [0.717, 1.165) is 56.5 Å². The average Bonchev–Trinajstić information content (AvgIpc) is 2.99. The summed E-state index contributed by atoms with van der Waals surface area (Å²) in [5.41, 5.74) is 2.77. The van der Waals surface area contributed by atoms with Crippen molar-refractivity contribution >= 4 is 5.91 Å². The maximum atomic E-state index is 12.9. The van der Waals surface area contributed by atoms with E-state index < -0.39 is 0 Å². The van der Waals surface area contributed by atoms with Crippen molar-refractivity contribution < 1.29 is 9.53 Å². The van der Waals surface area contributed by atoms with Crippen molar-refractivity contribution in [1.82, 2.24) is 19.6 Å². The third-order valence-corrected chi connectivity index (χ3v) is 5.90. The molecule has 132 valence electrons. The van der Waals surface area contributed by atoms with E-state index in [2.05, 4.69) is 10.00 Å². The Hall–Kier alpha value is -1.40. The molecule has 3 heterocycles. The van der Waals surface area contributed by atoms with Crippen molar-refractivity contribution in [2.45, 2.75) is 51.2 Å². The zero-order chi connectivity index (χ0) is 16.5. The van der Waals surface area contributed by atoms with Gasteiger partial charge in [0.15, 0.2) is 5.69 Å². The summed E-state index contributed by atoms with van der Waals surface area (Å²) in [4.78, 5) is 17.5. The van der Waals surface area contributed by atoms with Crippen molar-refractivity contribution in [3.05, 3.63) is 17.0 Å². The molecule has 0 aromatic carbocycles. The first-order valence-electron chi connectivity index (χ1n) is 9.40. The lowest BCUT2D eigenvalue weighted by atomic mass is 9.94. The van der Waals surface area contributed by atoms with Crippen LogP contribution in [0, 0.1) is 0 Å². The molecule has 6 nitrogen and oxygen atoms in total. The summed E-state index contributed by atoms with van der Waals surface area (Å²) >= 11 is 0. The normalized spacial score (nSPS) is 23.3. The number of aromatic nitrogens is 2. The number of aryl methyl sites for hydroxylation is 1. The van der Waals surface area contributed by atoms with Crippen molar-refractivity contribution in [1.29, 1.82) is 0 Å². The molecular formula is C18H28N4O2. The third-order valence-electron chi connectivity index (χ3n) is 5.90. The number of ether oxygens (including phenoxy) is 1. The highest BCUT2D eigenvalue weighted by Crippen LogP contribution is 2.25. The molecule has 0 radical (unpaired) electrons. The summed E-state index contributed by atoms with van der Waals surface area (Å²) in [6.45, 7) is 4.89. The van der Waals surface area contributed by atoms with Crippen LogP contribution in [0.5, 0.6) is 0 Å². The Morgan fingerprint density at radius 1 is 1.12 bits per heavy atom. The van der Waals surface area contributed by atoms with Crippen LogP contribution in [0.15, 0.2) is 0 Å². The van der Waals surface area contributed by atoms with Crippen molar-refractivity contribution in [2.24, 2.45) is 7.05 Å². The standard InChI is InChI=1S/C18H28N4O2/c1-20-16-7-12-24-13-15(16)17(19-20)18(23)22-10-8-21(9-11-22)14-5-3-2-4-6-14/h14H,2-13H2,1H3. The summed E-state index contributed by atoms with van der Waals surface area (Å²) in [6, 6.07) is 0.743. The van der Waals surface area contributed by atoms with Crippen molar-refractivity contribution in [3.8, 4) is 0 Å². The lowest BCUT2D eigenvalue weighted by Gasteiger charge is -2.40. The van der Waals surface area contributed by atoms with E-state index in [9.17, 15) is 4.79 Å². The number of fused-ring (bicyclic) bond motifs is 1. The van der Waals surface area contributed by atoms with E-state index in [1.165, 1.54) is 32.1 Å². The maximum Gasteiger partial charge on any atom is 0.274 e. The van der Waals surface area contributed by atoms with Crippen LogP contribution in [-0.4, -0.2) is 64.3 Å². The quantitative estimate of drug-likeness (QED) is 0.825. The molecule has 1 saturated heterocycles. The number of hydrogen-bond donors (Lipinski definition) is 0. The van der Waals surface area contributed by atoms with Crippen LogP contribution in [0.2, 0.25) is 0 Å². The molecule has 0 unspecified atom stereocenters. The van der Waals surface area contributed by atoms with Crippen molar-refractivity contribution in [2.75, 3.05) is 32.8 Å². The summed E-state index contributed by atoms with van der Waals surface area (Å²) < 4.78 is 7.42. The SMILES string of the molecule is Cn1nc(C(=O)N2CCN(C3CCCCC3)CC2)c2c1CCOC2. The topological polar surface area (TPSA) is 50.6 Å². The van der Waals surface area contributed by atoms with E-state index >= 15 is 0 Å². The van der Waals surface area contributed by atoms with Gasteiger partial charge in [0.1, 0.15) is 0 Å². The van der Waals surface area contributed by atoms with Crippen LogP contribution in [-0.2, 0) is 24.8 Å². The number of rotatable bonds is 2. The van der Waals surface area contributed by atoms with Crippen LogP contribution in [0.1, 0.15) is 53.8 Å². The van der Waals surface area contributed by atoms with Gasteiger partial charge in [-0.2, -0.15) is 5.10 Å². The van der Waals surface area contributed by atoms with Crippen LogP contribution in [0.3, 0.4) is 0 Å². The summed E-state index contributed by atoms with van der Waals surface area (Å²) in [6.07, 6.45) is 7.63. The highest BCUT2D eigenvalue weighted by Gasteiger charge is 2.31. The van der Waals surface area contributed by atoms with Gasteiger partial charge in [-0.15, -0.1) is 0 Å². The molecule has 4 rings (SSSR count). The summed E-state index contributed by atoms with van der Waals surface area (Å²) in [5, 5.41) is 4.51. The van der Waals surface area contributed by atoms with E-state index in [4.69, 9.17) is 4.74 Å². The summed E-state index contributed by atoms with van der Waals surface area (Å²) in [5.74, 6) is 0.0839. The molecule has 1 aromatic heterocycles. The molecule has 0 N–H and O–H groups in total. The molecule has 24 heavy (non-hydrogen) atoms. The van der Waals surface area contributed by atoms with Gasteiger partial charge in [0.25, 0.3) is 5.91 Å². The summed E-state index contributed by atoms with van der Waals surface area (Å²) in [7, 11) is 1.93. The van der Waals surface area contributed by atoms with Gasteiger partial charge in [0.05, 0.1) is 13.2 Å². The van der Waals surface area contributed by atoms with Crippen LogP contribution < -0.4 is 0 Å². The minimum atomic E-state index is 0.0839. The maximum absolute atomic E-state index is 12.9. The highest BCUT2D eigenvalue weighted by molar-refractivity contribution is 5.94. The molecular weight excluding hydrogens is 304 g/mol. The van der Waals surface area contributed by atoms with Gasteiger partial charge in [-0.1, -0.05) is 19.3 Å². The number of carbonyl (C=O) groups is 1. The molecule has 0 bridgehead atoms. The van der Waals surface area contributed by atoms with E-state index in [1.54, 1.807) is 0 Å². The van der Waals surface area contributed by atoms with E-state index in [0.29, 0.717) is 12.3 Å². The second-order valence-corrected chi connectivity index (χ2v) is 7.32. The van der Waals surface area contributed by atoms with E-state index in [1.807, 2.05) is 16.6 Å². The monoisotopic (exact) mass is 332 g/mol. The lowest BCUT2D eigenvalue weighted by molar-refractivity contribution is 0.0511. The Balaban J connectivity index is 1.41. The second-order valence-electron chi connectivity index (χ2n) is 7.32. The Kier molecular flexibility index (Phi) is 4.59. The molecule has 2 aliphatic heterocycles. The molecule has 0 atom stereocenters. The molecule has 1 aromatic rings. The molecule has 1 amide bonds. The number of amides is 1. The molecule has 6 heteroatoms. The first-order valence-corrected chi connectivity index (χ1v) is 9.40. The van der Waals surface area contributed by atoms with Gasteiger partial charge in [-0.05, 0) is 12.8 Å². The van der Waals surface area contributed by atoms with Gasteiger partial charge in [-0.3, -0.25) is 14.4 Å². The molecule has 0 spiro atoms. The Morgan fingerprint density at radius 2 is 1.88 bits per heavy atom. The number of piperazine rings is 1. The second kappa shape index (κ2) is 6.84. The number of hydrogen-bond acceptors (Lipinski definition) is 4. The zero-order valence-electron chi connectivity index (χ0n) is 14.7. The Morgan fingerprint density at radius 3 is 2.62 bits per heavy atom. The lowest BCUT2D eigenvalue weighted by Crippen LogP contribution is -2.52. The minimum Gasteiger partial charge on any atom is -0.376 e. The fraction of sp³-hybridized carbons (Fsp3) is 0.778. The average molecular weight is 332 g/mol. The van der Waals surface area contributed by atoms with Crippen LogP contribution >= 0.6 is 0 Å². The van der Waals surface area contributed by atoms with Gasteiger partial charge in [-0.25, -0.2) is 0 Å². The van der Waals surface area contributed by atoms with Gasteiger partial charge < -0.3 is 9.64 Å². The molecule has 3 aliphatic rings. The first kappa shape index (κ1) is 16.1. The van der Waals surface area contributed by atoms with Gasteiger partial charge in [0, 0.05) is 56.9 Å². The fourth-order valence-corrected chi connectivity index (χ4v) is 4.47. The largest absolute Gasteiger partial charge is 0.376 e. The highest BCUT2D eigenvalue weighted by atomic mass is 16.5. The van der Waals surface area contributed by atoms with Gasteiger partial charge in [0.2, 0.25) is 0 Å². The molecule has 1 aliphatic carbocycles. The first-order chi connectivity index (χ1) is 11.7. The van der Waals surface area contributed by atoms with E-state index in [-0.39, 0.29) is 5.91 Å². The number of carbonyl (C=O) groups excluding carboxylic acids is 1. The Bertz CT molecular complexity index is 598. The Labute approximate surface area is 143 Å². The van der Waals surface area contributed by atoms with Crippen LogP contribution in [0.4, 0.5) is 0 Å². The smallest absolute Gasteiger partial charge is 0.274 e. The van der Waals surface area contributed by atoms with Crippen molar-refractivity contribution in [3.63, 3.8) is 0 Å². The molecule has 1 saturated carbocycles. The predicted molar refractivity (Wildman–Crippen MR) is 90.9 cm³/mol. The minimum absolute atomic E-state index is 0.0839. The predicted octanol–water partition coefficient (Wildman–Crippen LogP) is 1.58. The van der Waals surface area contributed by atoms with Crippen LogP contribution in [0.25, 0.3) is 0 Å². The zero-order valence-corrected chi connectivity index (χ0v) is 14.7. The fourth-order valence-electron chi connectivity index (χ4n) is 4.47.